The van der Waals surface area contributed by atoms with Gasteiger partial charge in [-0.05, 0) is 57.6 Å². The molecule has 4 heteroatoms. The van der Waals surface area contributed by atoms with E-state index >= 15 is 0 Å². The number of H-pyrrole nitrogens is 1. The first kappa shape index (κ1) is 18.3. The Morgan fingerprint density at radius 2 is 1.34 bits per heavy atom. The van der Waals surface area contributed by atoms with Gasteiger partial charge in [0.25, 0.3) is 0 Å². The van der Waals surface area contributed by atoms with Crippen molar-refractivity contribution in [3.63, 3.8) is 0 Å². The van der Waals surface area contributed by atoms with Crippen molar-refractivity contribution in [2.75, 3.05) is 0 Å². The van der Waals surface area contributed by atoms with Crippen molar-refractivity contribution in [2.24, 2.45) is 4.99 Å². The van der Waals surface area contributed by atoms with Crippen molar-refractivity contribution in [3.05, 3.63) is 107 Å². The molecule has 1 aliphatic rings. The van der Waals surface area contributed by atoms with E-state index in [0.29, 0.717) is 22.7 Å². The lowest BCUT2D eigenvalue weighted by Crippen LogP contribution is -2.15. The Morgan fingerprint density at radius 3 is 2.06 bits per heavy atom. The van der Waals surface area contributed by atoms with Crippen LogP contribution in [0.2, 0.25) is 0 Å². The molecule has 4 nitrogen and oxygen atoms in total. The Kier molecular flexibility index (Phi) is 4.05. The predicted molar refractivity (Wildman–Crippen MR) is 129 cm³/mol. The summed E-state index contributed by atoms with van der Waals surface area (Å²) in [6.07, 6.45) is 3.81. The number of aliphatic imine (C=N–C) groups is 1. The van der Waals surface area contributed by atoms with Crippen LogP contribution >= 0.6 is 0 Å². The second-order valence-corrected chi connectivity index (χ2v) is 7.85. The van der Waals surface area contributed by atoms with Crippen LogP contribution in [-0.2, 0) is 0 Å². The molecule has 152 valence electrons. The van der Waals surface area contributed by atoms with Crippen molar-refractivity contribution in [2.45, 2.75) is 0 Å². The summed E-state index contributed by atoms with van der Waals surface area (Å²) in [5, 5.41) is 15.4. The number of hydrogen-bond donors (Lipinski definition) is 2. The summed E-state index contributed by atoms with van der Waals surface area (Å²) in [5.74, 6) is 0.187. The molecule has 0 bridgehead atoms. The quantitative estimate of drug-likeness (QED) is 0.443. The first-order valence-electron chi connectivity index (χ1n) is 10.4. The molecule has 0 saturated heterocycles. The number of aromatic hydroxyl groups is 1. The van der Waals surface area contributed by atoms with Crippen LogP contribution < -0.4 is 10.4 Å². The normalized spacial score (nSPS) is 14.4. The van der Waals surface area contributed by atoms with Gasteiger partial charge >= 0.3 is 0 Å². The van der Waals surface area contributed by atoms with E-state index in [1.54, 1.807) is 0 Å². The summed E-state index contributed by atoms with van der Waals surface area (Å²) in [7, 11) is 0. The number of carbonyl (C=O) groups excluding carboxylic acids is 1. The fourth-order valence-electron chi connectivity index (χ4n) is 4.33. The van der Waals surface area contributed by atoms with Crippen molar-refractivity contribution >= 4 is 51.0 Å². The Morgan fingerprint density at radius 1 is 0.719 bits per heavy atom. The Bertz CT molecular complexity index is 1710. The molecule has 0 amide bonds. The average molecular weight is 414 g/mol. The highest BCUT2D eigenvalue weighted by Crippen LogP contribution is 2.29. The third kappa shape index (κ3) is 2.85. The van der Waals surface area contributed by atoms with E-state index in [1.807, 2.05) is 97.1 Å². The summed E-state index contributed by atoms with van der Waals surface area (Å²) in [5.41, 5.74) is 3.36. The van der Waals surface area contributed by atoms with Crippen molar-refractivity contribution < 1.29 is 9.90 Å². The topological polar surface area (TPSA) is 65.5 Å². The van der Waals surface area contributed by atoms with E-state index in [4.69, 9.17) is 0 Å². The molecule has 0 fully saturated rings. The number of benzene rings is 4. The standard InChI is InChI=1S/C28H18N2O2/c31-27-21-9-3-5-11-23(21)29-25(27)15-17-13-14-18(20-8-2-1-7-19(17)20)16-26-28(32)22-10-4-6-12-24(22)30-26/h1-16,29,31H. The van der Waals surface area contributed by atoms with Crippen molar-refractivity contribution in [3.8, 4) is 5.75 Å². The van der Waals surface area contributed by atoms with Gasteiger partial charge in [0.1, 0.15) is 11.5 Å². The molecule has 0 unspecified atom stereocenters. The molecule has 0 radical (unpaired) electrons. The molecule has 1 aromatic heterocycles. The van der Waals surface area contributed by atoms with E-state index in [9.17, 15) is 9.90 Å². The zero-order valence-electron chi connectivity index (χ0n) is 17.0. The molecule has 5 aromatic rings. The first-order chi connectivity index (χ1) is 15.7. The molecule has 1 aliphatic heterocycles. The molecule has 0 aliphatic carbocycles. The highest BCUT2D eigenvalue weighted by molar-refractivity contribution is 6.58. The first-order valence-corrected chi connectivity index (χ1v) is 10.4. The minimum atomic E-state index is -0.0525. The lowest BCUT2D eigenvalue weighted by Gasteiger charge is -2.01. The van der Waals surface area contributed by atoms with Gasteiger partial charge in [-0.1, -0.05) is 60.7 Å². The van der Waals surface area contributed by atoms with E-state index in [-0.39, 0.29) is 11.5 Å². The lowest BCUT2D eigenvalue weighted by atomic mass is 10.0. The van der Waals surface area contributed by atoms with Crippen LogP contribution in [0.1, 0.15) is 16.1 Å². The number of para-hydroxylation sites is 2. The number of fused-ring (bicyclic) bond motifs is 3. The number of nitrogens with one attached hydrogen (secondary N) is 1. The molecule has 0 atom stereocenters. The highest BCUT2D eigenvalue weighted by atomic mass is 16.3. The van der Waals surface area contributed by atoms with E-state index < -0.39 is 0 Å². The SMILES string of the molecule is O=C1C(C=c2ccc(=Cc3[nH]c4ccccc4c3O)c3ccccc23)=Nc2ccccc21. The summed E-state index contributed by atoms with van der Waals surface area (Å²) in [4.78, 5) is 20.6. The zero-order valence-corrected chi connectivity index (χ0v) is 17.0. The van der Waals surface area contributed by atoms with Gasteiger partial charge in [0.05, 0.1) is 11.4 Å². The zero-order chi connectivity index (χ0) is 21.7. The maximum atomic E-state index is 12.8. The number of aromatic amines is 1. The van der Waals surface area contributed by atoms with Crippen LogP contribution in [0.25, 0.3) is 33.8 Å². The van der Waals surface area contributed by atoms with Crippen LogP contribution in [-0.4, -0.2) is 21.6 Å². The number of ketones is 1. The fraction of sp³-hybridized carbons (Fsp3) is 0. The van der Waals surface area contributed by atoms with E-state index in [1.165, 1.54) is 0 Å². The van der Waals surface area contributed by atoms with Gasteiger partial charge in [0.15, 0.2) is 0 Å². The lowest BCUT2D eigenvalue weighted by molar-refractivity contribution is 0.107. The van der Waals surface area contributed by atoms with Crippen LogP contribution in [0.4, 0.5) is 5.69 Å². The van der Waals surface area contributed by atoms with Gasteiger partial charge < -0.3 is 10.1 Å². The monoisotopic (exact) mass is 414 g/mol. The molecule has 2 heterocycles. The molecule has 0 spiro atoms. The van der Waals surface area contributed by atoms with E-state index in [2.05, 4.69) is 9.98 Å². The number of Topliss-reactive ketones (excluding diaryl/α,β-unsaturated/α-hetero) is 1. The highest BCUT2D eigenvalue weighted by Gasteiger charge is 2.22. The fourth-order valence-corrected chi connectivity index (χ4v) is 4.33. The number of carbonyl (C=O) groups is 1. The van der Waals surface area contributed by atoms with Crippen LogP contribution in [0.3, 0.4) is 0 Å². The minimum Gasteiger partial charge on any atom is -0.505 e. The van der Waals surface area contributed by atoms with Gasteiger partial charge in [-0.2, -0.15) is 0 Å². The molecule has 32 heavy (non-hydrogen) atoms. The van der Waals surface area contributed by atoms with Gasteiger partial charge in [0, 0.05) is 16.5 Å². The third-order valence-corrected chi connectivity index (χ3v) is 5.91. The predicted octanol–water partition coefficient (Wildman–Crippen LogP) is 4.61. The summed E-state index contributed by atoms with van der Waals surface area (Å²) in [6.45, 7) is 0. The molecule has 0 saturated carbocycles. The Hall–Kier alpha value is -4.44. The minimum absolute atomic E-state index is 0.0525. The molecular formula is C28H18N2O2. The maximum Gasteiger partial charge on any atom is 0.213 e. The number of aromatic nitrogens is 1. The Labute approximate surface area is 183 Å². The van der Waals surface area contributed by atoms with Crippen LogP contribution in [0.5, 0.6) is 5.75 Å². The summed E-state index contributed by atoms with van der Waals surface area (Å²) < 4.78 is 0. The van der Waals surface area contributed by atoms with Crippen molar-refractivity contribution in [1.29, 1.82) is 0 Å². The maximum absolute atomic E-state index is 12.8. The number of nitrogens with zero attached hydrogens (tertiary/aromatic N) is 1. The van der Waals surface area contributed by atoms with Gasteiger partial charge in [-0.25, -0.2) is 4.99 Å². The van der Waals surface area contributed by atoms with Crippen molar-refractivity contribution in [1.82, 2.24) is 4.98 Å². The molecule has 6 rings (SSSR count). The van der Waals surface area contributed by atoms with Crippen LogP contribution in [0.15, 0.2) is 89.9 Å². The van der Waals surface area contributed by atoms with Gasteiger partial charge in [-0.15, -0.1) is 0 Å². The second-order valence-electron chi connectivity index (χ2n) is 7.85. The molecular weight excluding hydrogens is 396 g/mol. The van der Waals surface area contributed by atoms with Gasteiger partial charge in [-0.3, -0.25) is 4.79 Å². The smallest absolute Gasteiger partial charge is 0.213 e. The molecule has 2 N–H and O–H groups in total. The number of hydrogen-bond acceptors (Lipinski definition) is 3. The largest absolute Gasteiger partial charge is 0.505 e. The third-order valence-electron chi connectivity index (χ3n) is 5.91. The van der Waals surface area contributed by atoms with Crippen LogP contribution in [0, 0.1) is 0 Å². The average Bonchev–Trinajstić information content (AvgIpc) is 3.32. The second kappa shape index (κ2) is 7.06. The van der Waals surface area contributed by atoms with Gasteiger partial charge in [0.2, 0.25) is 5.78 Å². The van der Waals surface area contributed by atoms with E-state index in [0.717, 1.165) is 32.1 Å². The summed E-state index contributed by atoms with van der Waals surface area (Å²) >= 11 is 0. The molecule has 4 aromatic carbocycles. The Balaban J connectivity index is 1.54. The summed E-state index contributed by atoms with van der Waals surface area (Å²) in [6, 6.07) is 27.2. The number of rotatable bonds is 2.